The SMILES string of the molecule is Cc1ccc2c(c1)NC(C1CCCN(C)C1)CO2. The second-order valence-corrected chi connectivity index (χ2v) is 5.73. The number of anilines is 1. The van der Waals surface area contributed by atoms with Crippen molar-refractivity contribution >= 4 is 5.69 Å². The summed E-state index contributed by atoms with van der Waals surface area (Å²) in [5.41, 5.74) is 2.45. The predicted octanol–water partition coefficient (Wildman–Crippen LogP) is 2.51. The Labute approximate surface area is 109 Å². The summed E-state index contributed by atoms with van der Waals surface area (Å²) in [6.45, 7) is 5.34. The largest absolute Gasteiger partial charge is 0.489 e. The van der Waals surface area contributed by atoms with Crippen molar-refractivity contribution in [3.8, 4) is 5.75 Å². The van der Waals surface area contributed by atoms with Gasteiger partial charge in [-0.1, -0.05) is 6.07 Å². The maximum atomic E-state index is 5.90. The van der Waals surface area contributed by atoms with Crippen molar-refractivity contribution in [1.29, 1.82) is 0 Å². The van der Waals surface area contributed by atoms with E-state index < -0.39 is 0 Å². The predicted molar refractivity (Wildman–Crippen MR) is 74.3 cm³/mol. The molecule has 3 rings (SSSR count). The molecule has 0 amide bonds. The Kier molecular flexibility index (Phi) is 3.16. The van der Waals surface area contributed by atoms with Gasteiger partial charge in [0.05, 0.1) is 11.7 Å². The van der Waals surface area contributed by atoms with Crippen LogP contribution in [0, 0.1) is 12.8 Å². The van der Waals surface area contributed by atoms with Crippen LogP contribution in [0.25, 0.3) is 0 Å². The fourth-order valence-electron chi connectivity index (χ4n) is 3.09. The lowest BCUT2D eigenvalue weighted by Gasteiger charge is -2.38. The summed E-state index contributed by atoms with van der Waals surface area (Å²) < 4.78 is 5.90. The van der Waals surface area contributed by atoms with Crippen molar-refractivity contribution in [2.45, 2.75) is 25.8 Å². The zero-order valence-electron chi connectivity index (χ0n) is 11.3. The molecular weight excluding hydrogens is 224 g/mol. The van der Waals surface area contributed by atoms with Crippen LogP contribution in [0.1, 0.15) is 18.4 Å². The molecule has 0 aromatic heterocycles. The highest BCUT2D eigenvalue weighted by atomic mass is 16.5. The van der Waals surface area contributed by atoms with E-state index in [-0.39, 0.29) is 0 Å². The molecule has 18 heavy (non-hydrogen) atoms. The van der Waals surface area contributed by atoms with Crippen molar-refractivity contribution < 1.29 is 4.74 Å². The number of nitrogens with zero attached hydrogens (tertiary/aromatic N) is 1. The van der Waals surface area contributed by atoms with Gasteiger partial charge in [0.2, 0.25) is 0 Å². The number of nitrogens with one attached hydrogen (secondary N) is 1. The van der Waals surface area contributed by atoms with Crippen LogP contribution in [-0.4, -0.2) is 37.7 Å². The second-order valence-electron chi connectivity index (χ2n) is 5.73. The number of benzene rings is 1. The first kappa shape index (κ1) is 11.8. The molecule has 0 aliphatic carbocycles. The smallest absolute Gasteiger partial charge is 0.142 e. The van der Waals surface area contributed by atoms with Gasteiger partial charge in [0, 0.05) is 6.54 Å². The number of hydrogen-bond donors (Lipinski definition) is 1. The molecular formula is C15H22N2O. The Balaban J connectivity index is 1.73. The molecule has 2 heterocycles. The summed E-state index contributed by atoms with van der Waals surface area (Å²) >= 11 is 0. The van der Waals surface area contributed by atoms with Crippen LogP contribution in [0.4, 0.5) is 5.69 Å². The van der Waals surface area contributed by atoms with Gasteiger partial charge in [-0.2, -0.15) is 0 Å². The highest BCUT2D eigenvalue weighted by Gasteiger charge is 2.29. The molecule has 98 valence electrons. The van der Waals surface area contributed by atoms with Gasteiger partial charge in [-0.3, -0.25) is 0 Å². The van der Waals surface area contributed by atoms with Crippen molar-refractivity contribution in [2.24, 2.45) is 5.92 Å². The summed E-state index contributed by atoms with van der Waals surface area (Å²) in [5.74, 6) is 1.71. The van der Waals surface area contributed by atoms with E-state index in [1.165, 1.54) is 37.2 Å². The molecule has 1 aromatic rings. The fraction of sp³-hybridized carbons (Fsp3) is 0.600. The molecule has 2 aliphatic rings. The van der Waals surface area contributed by atoms with Crippen LogP contribution in [0.2, 0.25) is 0 Å². The minimum Gasteiger partial charge on any atom is -0.489 e. The first-order valence-electron chi connectivity index (χ1n) is 6.91. The van der Waals surface area contributed by atoms with Crippen molar-refractivity contribution in [1.82, 2.24) is 4.90 Å². The molecule has 2 atom stereocenters. The zero-order chi connectivity index (χ0) is 12.5. The zero-order valence-corrected chi connectivity index (χ0v) is 11.3. The lowest BCUT2D eigenvalue weighted by Crippen LogP contribution is -2.45. The minimum absolute atomic E-state index is 0.460. The topological polar surface area (TPSA) is 24.5 Å². The average Bonchev–Trinajstić information content (AvgIpc) is 2.38. The third kappa shape index (κ3) is 2.32. The highest BCUT2D eigenvalue weighted by Crippen LogP contribution is 2.33. The molecule has 3 heteroatoms. The van der Waals surface area contributed by atoms with E-state index in [4.69, 9.17) is 4.74 Å². The van der Waals surface area contributed by atoms with Crippen LogP contribution in [0.15, 0.2) is 18.2 Å². The Bertz CT molecular complexity index is 433. The van der Waals surface area contributed by atoms with Gasteiger partial charge < -0.3 is 15.0 Å². The number of rotatable bonds is 1. The van der Waals surface area contributed by atoms with Crippen LogP contribution in [-0.2, 0) is 0 Å². The Morgan fingerprint density at radius 2 is 2.28 bits per heavy atom. The quantitative estimate of drug-likeness (QED) is 0.824. The standard InChI is InChI=1S/C15H22N2O/c1-11-5-6-15-13(8-11)16-14(10-18-15)12-4-3-7-17(2)9-12/h5-6,8,12,14,16H,3-4,7,9-10H2,1-2H3. The van der Waals surface area contributed by atoms with Gasteiger partial charge in [0.25, 0.3) is 0 Å². The minimum atomic E-state index is 0.460. The molecule has 1 N–H and O–H groups in total. The number of aryl methyl sites for hydroxylation is 1. The third-order valence-corrected chi connectivity index (χ3v) is 4.12. The number of likely N-dealkylation sites (tertiary alicyclic amines) is 1. The van der Waals surface area contributed by atoms with E-state index in [1.54, 1.807) is 0 Å². The number of ether oxygens (including phenoxy) is 1. The molecule has 1 fully saturated rings. The highest BCUT2D eigenvalue weighted by molar-refractivity contribution is 5.60. The summed E-state index contributed by atoms with van der Waals surface area (Å²) in [5, 5.41) is 3.68. The van der Waals surface area contributed by atoms with Crippen molar-refractivity contribution in [2.75, 3.05) is 32.1 Å². The number of fused-ring (bicyclic) bond motifs is 1. The lowest BCUT2D eigenvalue weighted by atomic mass is 9.90. The van der Waals surface area contributed by atoms with Gasteiger partial charge in [-0.25, -0.2) is 0 Å². The van der Waals surface area contributed by atoms with E-state index >= 15 is 0 Å². The first-order valence-corrected chi connectivity index (χ1v) is 6.91. The molecule has 1 saturated heterocycles. The molecule has 0 spiro atoms. The van der Waals surface area contributed by atoms with E-state index in [0.29, 0.717) is 12.0 Å². The third-order valence-electron chi connectivity index (χ3n) is 4.12. The van der Waals surface area contributed by atoms with E-state index in [1.807, 2.05) is 0 Å². The molecule has 0 saturated carbocycles. The summed E-state index contributed by atoms with van der Waals surface area (Å²) in [6.07, 6.45) is 2.62. The lowest BCUT2D eigenvalue weighted by molar-refractivity contribution is 0.159. The molecule has 1 aromatic carbocycles. The van der Waals surface area contributed by atoms with E-state index in [0.717, 1.165) is 12.4 Å². The Morgan fingerprint density at radius 3 is 3.11 bits per heavy atom. The fourth-order valence-corrected chi connectivity index (χ4v) is 3.09. The van der Waals surface area contributed by atoms with Crippen molar-refractivity contribution in [3.05, 3.63) is 23.8 Å². The van der Waals surface area contributed by atoms with E-state index in [9.17, 15) is 0 Å². The van der Waals surface area contributed by atoms with Gasteiger partial charge in [0.1, 0.15) is 12.4 Å². The monoisotopic (exact) mass is 246 g/mol. The summed E-state index contributed by atoms with van der Waals surface area (Å²) in [6, 6.07) is 6.83. The van der Waals surface area contributed by atoms with Crippen molar-refractivity contribution in [3.63, 3.8) is 0 Å². The maximum Gasteiger partial charge on any atom is 0.142 e. The van der Waals surface area contributed by atoms with Crippen LogP contribution in [0.3, 0.4) is 0 Å². The van der Waals surface area contributed by atoms with Gasteiger partial charge in [-0.15, -0.1) is 0 Å². The van der Waals surface area contributed by atoms with Crippen LogP contribution in [0.5, 0.6) is 5.75 Å². The molecule has 0 bridgehead atoms. The second kappa shape index (κ2) is 4.81. The van der Waals surface area contributed by atoms with Gasteiger partial charge in [0.15, 0.2) is 0 Å². The average molecular weight is 246 g/mol. The Hall–Kier alpha value is -1.22. The van der Waals surface area contributed by atoms with Gasteiger partial charge >= 0.3 is 0 Å². The maximum absolute atomic E-state index is 5.90. The molecule has 3 nitrogen and oxygen atoms in total. The normalized spacial score (nSPS) is 28.1. The molecule has 2 aliphatic heterocycles. The summed E-state index contributed by atoms with van der Waals surface area (Å²) in [7, 11) is 2.22. The number of hydrogen-bond acceptors (Lipinski definition) is 3. The Morgan fingerprint density at radius 1 is 1.39 bits per heavy atom. The van der Waals surface area contributed by atoms with Crippen LogP contribution < -0.4 is 10.1 Å². The van der Waals surface area contributed by atoms with Gasteiger partial charge in [-0.05, 0) is 57.0 Å². The number of piperidine rings is 1. The molecule has 0 radical (unpaired) electrons. The van der Waals surface area contributed by atoms with E-state index in [2.05, 4.69) is 42.4 Å². The summed E-state index contributed by atoms with van der Waals surface area (Å²) in [4.78, 5) is 2.43. The molecule has 2 unspecified atom stereocenters. The van der Waals surface area contributed by atoms with Crippen LogP contribution >= 0.6 is 0 Å². The first-order chi connectivity index (χ1) is 8.72.